The number of alkyl halides is 3. The lowest BCUT2D eigenvalue weighted by Crippen LogP contribution is -2.27. The number of aryl methyl sites for hydroxylation is 1. The molecule has 28 heavy (non-hydrogen) atoms. The lowest BCUT2D eigenvalue weighted by atomic mass is 9.88. The van der Waals surface area contributed by atoms with Crippen LogP contribution >= 0.6 is 34.8 Å². The molecule has 0 bridgehead atoms. The first-order chi connectivity index (χ1) is 12.9. The highest BCUT2D eigenvalue weighted by atomic mass is 35.6. The topological polar surface area (TPSA) is 43.4 Å². The van der Waals surface area contributed by atoms with Gasteiger partial charge in [0, 0.05) is 16.7 Å². The van der Waals surface area contributed by atoms with E-state index in [1.165, 1.54) is 0 Å². The van der Waals surface area contributed by atoms with Crippen LogP contribution in [0.15, 0.2) is 42.5 Å². The molecule has 1 aliphatic carbocycles. The Bertz CT molecular complexity index is 939. The highest BCUT2D eigenvalue weighted by Gasteiger charge is 2.46. The Labute approximate surface area is 179 Å². The minimum absolute atomic E-state index is 0.151. The molecule has 2 unspecified atom stereocenters. The monoisotopic (exact) mass is 438 g/mol. The second-order valence-corrected chi connectivity index (χ2v) is 10.4. The van der Waals surface area contributed by atoms with Gasteiger partial charge >= 0.3 is 5.97 Å². The fourth-order valence-electron chi connectivity index (χ4n) is 3.37. The summed E-state index contributed by atoms with van der Waals surface area (Å²) in [5.41, 5.74) is 2.35. The van der Waals surface area contributed by atoms with E-state index in [-0.39, 0.29) is 5.78 Å². The van der Waals surface area contributed by atoms with Crippen molar-refractivity contribution in [3.05, 3.63) is 70.3 Å². The molecule has 0 fully saturated rings. The van der Waals surface area contributed by atoms with Crippen LogP contribution in [0.4, 0.5) is 0 Å². The Hall–Kier alpha value is -1.55. The number of hydrogen-bond acceptors (Lipinski definition) is 3. The molecular formula is C22H21Cl3O3. The summed E-state index contributed by atoms with van der Waals surface area (Å²) in [6.07, 6.45) is -0.774. The first kappa shape index (κ1) is 21.2. The zero-order valence-electron chi connectivity index (χ0n) is 16.1. The minimum atomic E-state index is -1.71. The third-order valence-corrected chi connectivity index (χ3v) is 5.42. The second kappa shape index (κ2) is 7.37. The fourth-order valence-corrected chi connectivity index (χ4v) is 3.86. The summed E-state index contributed by atoms with van der Waals surface area (Å²) < 4.78 is 4.14. The average Bonchev–Trinajstić information content (AvgIpc) is 2.86. The van der Waals surface area contributed by atoms with E-state index in [1.54, 1.807) is 51.1 Å². The van der Waals surface area contributed by atoms with Gasteiger partial charge in [-0.1, -0.05) is 82.8 Å². The van der Waals surface area contributed by atoms with Gasteiger partial charge in [0.25, 0.3) is 0 Å². The van der Waals surface area contributed by atoms with E-state index in [1.807, 2.05) is 19.1 Å². The van der Waals surface area contributed by atoms with Crippen LogP contribution in [0.2, 0.25) is 0 Å². The molecule has 3 rings (SSSR count). The van der Waals surface area contributed by atoms with E-state index < -0.39 is 27.2 Å². The number of fused-ring (bicyclic) bond motifs is 1. The van der Waals surface area contributed by atoms with Gasteiger partial charge in [-0.2, -0.15) is 0 Å². The Morgan fingerprint density at radius 1 is 1.00 bits per heavy atom. The number of halogens is 3. The summed E-state index contributed by atoms with van der Waals surface area (Å²) in [7, 11) is 0. The van der Waals surface area contributed by atoms with E-state index in [0.29, 0.717) is 22.3 Å². The van der Waals surface area contributed by atoms with Crippen LogP contribution in [-0.2, 0) is 13.3 Å². The fraction of sp³-hybridized carbons (Fsp3) is 0.364. The van der Waals surface area contributed by atoms with Gasteiger partial charge in [-0.05, 0) is 33.3 Å². The maximum absolute atomic E-state index is 13.3. The third-order valence-electron chi connectivity index (χ3n) is 4.81. The first-order valence-electron chi connectivity index (χ1n) is 8.93. The van der Waals surface area contributed by atoms with E-state index in [2.05, 4.69) is 0 Å². The Morgan fingerprint density at radius 3 is 2.25 bits per heavy atom. The van der Waals surface area contributed by atoms with Crippen molar-refractivity contribution in [3.8, 4) is 0 Å². The largest absolute Gasteiger partial charge is 0.456 e. The average molecular weight is 440 g/mol. The van der Waals surface area contributed by atoms with Gasteiger partial charge in [0.15, 0.2) is 5.78 Å². The Kier molecular flexibility index (Phi) is 5.57. The zero-order valence-corrected chi connectivity index (χ0v) is 18.3. The Balaban J connectivity index is 2.17. The molecule has 0 spiro atoms. The Morgan fingerprint density at radius 2 is 1.64 bits per heavy atom. The maximum atomic E-state index is 13.3. The quantitative estimate of drug-likeness (QED) is 0.400. The summed E-state index contributed by atoms with van der Waals surface area (Å²) in [6, 6.07) is 12.5. The van der Waals surface area contributed by atoms with Crippen molar-refractivity contribution < 1.29 is 14.3 Å². The van der Waals surface area contributed by atoms with Gasteiger partial charge in [-0.15, -0.1) is 0 Å². The number of benzene rings is 2. The lowest BCUT2D eigenvalue weighted by molar-refractivity contribution is -0.159. The van der Waals surface area contributed by atoms with Crippen LogP contribution in [0.1, 0.15) is 65.4 Å². The minimum Gasteiger partial charge on any atom is -0.456 e. The molecule has 0 aromatic heterocycles. The molecule has 2 aromatic carbocycles. The molecule has 148 valence electrons. The van der Waals surface area contributed by atoms with Gasteiger partial charge in [-0.3, -0.25) is 9.59 Å². The van der Waals surface area contributed by atoms with E-state index in [9.17, 15) is 9.59 Å². The van der Waals surface area contributed by atoms with Crippen molar-refractivity contribution in [2.45, 2.75) is 43.5 Å². The number of Topliss-reactive ketones (excluding diaryl/α,β-unsaturated/α-hetero) is 1. The molecule has 0 aliphatic heterocycles. The van der Waals surface area contributed by atoms with Crippen molar-refractivity contribution in [3.63, 3.8) is 0 Å². The van der Waals surface area contributed by atoms with Gasteiger partial charge in [0.2, 0.25) is 3.79 Å². The molecule has 0 N–H and O–H groups in total. The number of ketones is 1. The molecule has 0 amide bonds. The number of esters is 1. The first-order valence-corrected chi connectivity index (χ1v) is 10.1. The molecule has 0 saturated heterocycles. The highest BCUT2D eigenvalue weighted by Crippen LogP contribution is 2.50. The van der Waals surface area contributed by atoms with Crippen LogP contribution in [0.25, 0.3) is 0 Å². The van der Waals surface area contributed by atoms with Crippen LogP contribution in [0, 0.1) is 12.3 Å². The van der Waals surface area contributed by atoms with Gasteiger partial charge in [0.05, 0.1) is 11.3 Å². The summed E-state index contributed by atoms with van der Waals surface area (Å²) in [4.78, 5) is 25.9. The van der Waals surface area contributed by atoms with Crippen molar-refractivity contribution in [1.29, 1.82) is 0 Å². The number of ether oxygens (including phenoxy) is 1. The summed E-state index contributed by atoms with van der Waals surface area (Å²) >= 11 is 18.6. The molecule has 1 aliphatic rings. The number of carbonyl (C=O) groups is 2. The zero-order chi connectivity index (χ0) is 20.9. The second-order valence-electron chi connectivity index (χ2n) is 8.09. The third kappa shape index (κ3) is 3.94. The predicted octanol–water partition coefficient (Wildman–Crippen LogP) is 6.43. The van der Waals surface area contributed by atoms with Gasteiger partial charge in [0.1, 0.15) is 6.10 Å². The van der Waals surface area contributed by atoms with E-state index in [4.69, 9.17) is 39.5 Å². The van der Waals surface area contributed by atoms with Crippen molar-refractivity contribution >= 4 is 46.6 Å². The molecule has 2 atom stereocenters. The van der Waals surface area contributed by atoms with E-state index >= 15 is 0 Å². The molecule has 3 nitrogen and oxygen atoms in total. The van der Waals surface area contributed by atoms with Crippen molar-refractivity contribution in [1.82, 2.24) is 0 Å². The predicted molar refractivity (Wildman–Crippen MR) is 112 cm³/mol. The molecular weight excluding hydrogens is 419 g/mol. The van der Waals surface area contributed by atoms with Crippen LogP contribution < -0.4 is 0 Å². The molecule has 0 radical (unpaired) electrons. The number of rotatable bonds is 2. The van der Waals surface area contributed by atoms with Crippen LogP contribution in [0.5, 0.6) is 0 Å². The summed E-state index contributed by atoms with van der Waals surface area (Å²) in [6.45, 7) is 7.19. The van der Waals surface area contributed by atoms with Gasteiger partial charge in [-0.25, -0.2) is 0 Å². The molecule has 0 heterocycles. The SMILES string of the molecule is Cc1ccc(C2C(=O)c3ccccc3C2OC(=O)C(C)(C)C)c(C(Cl)(Cl)Cl)c1. The molecule has 2 aromatic rings. The van der Waals surface area contributed by atoms with Gasteiger partial charge < -0.3 is 4.74 Å². The highest BCUT2D eigenvalue weighted by molar-refractivity contribution is 6.66. The normalized spacial score (nSPS) is 19.5. The number of hydrogen-bond donors (Lipinski definition) is 0. The number of carbonyl (C=O) groups excluding carboxylic acids is 2. The smallest absolute Gasteiger partial charge is 0.311 e. The summed E-state index contributed by atoms with van der Waals surface area (Å²) in [5, 5.41) is 0. The molecule has 6 heteroatoms. The summed E-state index contributed by atoms with van der Waals surface area (Å²) in [5.74, 6) is -1.31. The maximum Gasteiger partial charge on any atom is 0.311 e. The van der Waals surface area contributed by atoms with Crippen molar-refractivity contribution in [2.75, 3.05) is 0 Å². The standard InChI is InChI=1S/C22H21Cl3O3/c1-12-9-10-15(16(11-12)22(23,24)25)17-18(26)13-7-5-6-8-14(13)19(17)28-20(27)21(2,3)4/h5-11,17,19H,1-4H3. The lowest BCUT2D eigenvalue weighted by Gasteiger charge is -2.27. The van der Waals surface area contributed by atoms with Crippen LogP contribution in [-0.4, -0.2) is 11.8 Å². The molecule has 0 saturated carbocycles. The van der Waals surface area contributed by atoms with Crippen LogP contribution in [0.3, 0.4) is 0 Å². The van der Waals surface area contributed by atoms with Crippen molar-refractivity contribution in [2.24, 2.45) is 5.41 Å². The van der Waals surface area contributed by atoms with E-state index in [0.717, 1.165) is 5.56 Å².